The van der Waals surface area contributed by atoms with Crippen molar-refractivity contribution in [3.8, 4) is 0 Å². The predicted molar refractivity (Wildman–Crippen MR) is 130 cm³/mol. The van der Waals surface area contributed by atoms with Crippen molar-refractivity contribution in [2.75, 3.05) is 45.6 Å². The number of rotatable bonds is 4. The Bertz CT molecular complexity index is 1200. The van der Waals surface area contributed by atoms with Crippen molar-refractivity contribution in [3.63, 3.8) is 0 Å². The Labute approximate surface area is 213 Å². The maximum absolute atomic E-state index is 14.7. The van der Waals surface area contributed by atoms with E-state index >= 15 is 0 Å². The third kappa shape index (κ3) is 4.67. The first-order valence-electron chi connectivity index (χ1n) is 12.6. The maximum atomic E-state index is 14.7. The number of nitrogens with zero attached hydrogens (tertiary/aromatic N) is 5. The lowest BCUT2D eigenvalue weighted by Crippen LogP contribution is -2.57. The molecular weight excluding hydrogens is 488 g/mol. The first kappa shape index (κ1) is 25.8. The van der Waals surface area contributed by atoms with E-state index in [-0.39, 0.29) is 24.1 Å². The molecule has 1 unspecified atom stereocenters. The summed E-state index contributed by atoms with van der Waals surface area (Å²) in [5, 5.41) is 3.09. The molecular formula is C26H32F4N6O. The van der Waals surface area contributed by atoms with Gasteiger partial charge in [0.05, 0.1) is 17.8 Å². The van der Waals surface area contributed by atoms with Gasteiger partial charge in [0.15, 0.2) is 0 Å². The summed E-state index contributed by atoms with van der Waals surface area (Å²) in [6.07, 6.45) is -2.40. The average Bonchev–Trinajstić information content (AvgIpc) is 3.23. The van der Waals surface area contributed by atoms with Gasteiger partial charge in [-0.1, -0.05) is 12.1 Å². The van der Waals surface area contributed by atoms with Crippen LogP contribution in [-0.2, 0) is 29.5 Å². The molecule has 1 atom stereocenters. The number of likely N-dealkylation sites (N-methyl/N-ethyl adjacent to an activating group) is 1. The average molecular weight is 521 g/mol. The monoisotopic (exact) mass is 520 g/mol. The molecule has 0 saturated carbocycles. The van der Waals surface area contributed by atoms with E-state index in [2.05, 4.69) is 27.1 Å². The molecule has 11 heteroatoms. The molecule has 1 N–H and O–H groups in total. The Morgan fingerprint density at radius 3 is 2.49 bits per heavy atom. The Balaban J connectivity index is 1.52. The summed E-state index contributed by atoms with van der Waals surface area (Å²) < 4.78 is 54.4. The van der Waals surface area contributed by atoms with Crippen LogP contribution in [0.5, 0.6) is 0 Å². The Morgan fingerprint density at radius 1 is 1.11 bits per heavy atom. The molecule has 37 heavy (non-hydrogen) atoms. The van der Waals surface area contributed by atoms with Gasteiger partial charge in [-0.3, -0.25) is 4.79 Å². The summed E-state index contributed by atoms with van der Waals surface area (Å²) in [4.78, 5) is 29.7. The lowest BCUT2D eigenvalue weighted by molar-refractivity contribution is -0.143. The largest absolute Gasteiger partial charge is 0.419 e. The second-order valence-corrected chi connectivity index (χ2v) is 10.6. The summed E-state index contributed by atoms with van der Waals surface area (Å²) in [5.74, 6) is -0.301. The van der Waals surface area contributed by atoms with E-state index in [1.54, 1.807) is 6.92 Å². The number of halogens is 4. The van der Waals surface area contributed by atoms with Gasteiger partial charge in [-0.05, 0) is 66.0 Å². The van der Waals surface area contributed by atoms with Crippen molar-refractivity contribution in [2.24, 2.45) is 0 Å². The summed E-state index contributed by atoms with van der Waals surface area (Å²) in [5.41, 5.74) is -0.733. The van der Waals surface area contributed by atoms with Crippen molar-refractivity contribution in [1.29, 1.82) is 0 Å². The number of aryl methyl sites for hydroxylation is 1. The highest BCUT2D eigenvalue weighted by Gasteiger charge is 2.54. The van der Waals surface area contributed by atoms with Crippen LogP contribution in [0, 0.1) is 12.7 Å². The molecule has 1 aromatic carbocycles. The molecule has 2 fully saturated rings. The number of alkyl halides is 3. The van der Waals surface area contributed by atoms with Crippen LogP contribution in [-0.4, -0.2) is 76.9 Å². The number of nitrogens with one attached hydrogen (secondary N) is 1. The van der Waals surface area contributed by atoms with Crippen molar-refractivity contribution >= 4 is 11.7 Å². The fraction of sp³-hybridized carbons (Fsp3) is 0.577. The standard InChI is InChI=1S/C26H32F4N6O/c1-16-32-22-19(23(33-16)31-13-17-5-4-6-20(21(17)27)26(28,29)30)14-36(18-7-10-34(2)11-8-18)24(37)25(22)9-12-35(3)15-25/h4-6,18H,7-15H2,1-3H3,(H,31,32,33). The number of piperidine rings is 1. The van der Waals surface area contributed by atoms with Crippen LogP contribution in [0.2, 0.25) is 0 Å². The zero-order chi connectivity index (χ0) is 26.5. The van der Waals surface area contributed by atoms with Crippen LogP contribution in [0.15, 0.2) is 18.2 Å². The third-order valence-corrected chi connectivity index (χ3v) is 7.99. The minimum Gasteiger partial charge on any atom is -0.365 e. The first-order chi connectivity index (χ1) is 17.5. The Hall–Kier alpha value is -2.79. The molecule has 1 aromatic heterocycles. The molecule has 3 aliphatic heterocycles. The summed E-state index contributed by atoms with van der Waals surface area (Å²) >= 11 is 0. The number of hydrogen-bond acceptors (Lipinski definition) is 6. The minimum atomic E-state index is -4.78. The van der Waals surface area contributed by atoms with Crippen molar-refractivity contribution in [1.82, 2.24) is 24.7 Å². The van der Waals surface area contributed by atoms with E-state index < -0.39 is 23.0 Å². The van der Waals surface area contributed by atoms with E-state index in [4.69, 9.17) is 4.98 Å². The number of carbonyl (C=O) groups excluding carboxylic acids is 1. The molecule has 0 bridgehead atoms. The van der Waals surface area contributed by atoms with E-state index in [0.717, 1.165) is 44.1 Å². The second-order valence-electron chi connectivity index (χ2n) is 10.6. The van der Waals surface area contributed by atoms with Crippen LogP contribution < -0.4 is 5.32 Å². The fourth-order valence-electron chi connectivity index (χ4n) is 5.99. The van der Waals surface area contributed by atoms with Gasteiger partial charge in [0.1, 0.15) is 22.9 Å². The number of anilines is 1. The van der Waals surface area contributed by atoms with Gasteiger partial charge in [-0.15, -0.1) is 0 Å². The van der Waals surface area contributed by atoms with Gasteiger partial charge < -0.3 is 20.0 Å². The third-order valence-electron chi connectivity index (χ3n) is 7.99. The van der Waals surface area contributed by atoms with Gasteiger partial charge in [-0.2, -0.15) is 13.2 Å². The van der Waals surface area contributed by atoms with E-state index in [0.29, 0.717) is 36.8 Å². The van der Waals surface area contributed by atoms with Crippen LogP contribution >= 0.6 is 0 Å². The van der Waals surface area contributed by atoms with Gasteiger partial charge in [0, 0.05) is 30.3 Å². The lowest BCUT2D eigenvalue weighted by Gasteiger charge is -2.46. The molecule has 3 aliphatic rings. The Kier molecular flexibility index (Phi) is 6.64. The van der Waals surface area contributed by atoms with Gasteiger partial charge in [0.25, 0.3) is 0 Å². The molecule has 7 nitrogen and oxygen atoms in total. The highest BCUT2D eigenvalue weighted by molar-refractivity contribution is 5.91. The number of aromatic nitrogens is 2. The second kappa shape index (κ2) is 9.50. The summed E-state index contributed by atoms with van der Waals surface area (Å²) in [6.45, 7) is 4.98. The molecule has 200 valence electrons. The van der Waals surface area contributed by atoms with Gasteiger partial charge in [-0.25, -0.2) is 14.4 Å². The predicted octanol–water partition coefficient (Wildman–Crippen LogP) is 3.56. The topological polar surface area (TPSA) is 64.6 Å². The molecule has 4 heterocycles. The number of hydrogen-bond donors (Lipinski definition) is 1. The lowest BCUT2D eigenvalue weighted by atomic mass is 9.76. The van der Waals surface area contributed by atoms with E-state index in [1.807, 2.05) is 11.9 Å². The number of likely N-dealkylation sites (tertiary alicyclic amines) is 2. The first-order valence-corrected chi connectivity index (χ1v) is 12.6. The number of benzene rings is 1. The number of carbonyl (C=O) groups is 1. The van der Waals surface area contributed by atoms with Gasteiger partial charge in [0.2, 0.25) is 5.91 Å². The SMILES string of the molecule is Cc1nc(NCc2cccc(C(F)(F)F)c2F)c2c(n1)C1(CCN(C)C1)C(=O)N(C1CCN(C)CC1)C2. The highest BCUT2D eigenvalue weighted by atomic mass is 19.4. The van der Waals surface area contributed by atoms with Crippen molar-refractivity contribution in [3.05, 3.63) is 52.2 Å². The quantitative estimate of drug-likeness (QED) is 0.622. The molecule has 1 spiro atoms. The van der Waals surface area contributed by atoms with Crippen LogP contribution in [0.3, 0.4) is 0 Å². The summed E-state index contributed by atoms with van der Waals surface area (Å²) in [7, 11) is 4.06. The molecule has 2 aromatic rings. The fourth-order valence-corrected chi connectivity index (χ4v) is 5.99. The molecule has 1 amide bonds. The molecule has 0 radical (unpaired) electrons. The summed E-state index contributed by atoms with van der Waals surface area (Å²) in [6, 6.07) is 3.36. The zero-order valence-corrected chi connectivity index (χ0v) is 21.3. The van der Waals surface area contributed by atoms with Crippen molar-refractivity contribution in [2.45, 2.75) is 56.9 Å². The van der Waals surface area contributed by atoms with Crippen LogP contribution in [0.1, 0.15) is 47.5 Å². The number of fused-ring (bicyclic) bond motifs is 2. The zero-order valence-electron chi connectivity index (χ0n) is 21.3. The van der Waals surface area contributed by atoms with E-state index in [1.165, 1.54) is 12.1 Å². The van der Waals surface area contributed by atoms with Gasteiger partial charge >= 0.3 is 6.18 Å². The molecule has 5 rings (SSSR count). The maximum Gasteiger partial charge on any atom is 0.419 e. The number of amides is 1. The Morgan fingerprint density at radius 2 is 1.84 bits per heavy atom. The smallest absolute Gasteiger partial charge is 0.365 e. The minimum absolute atomic E-state index is 0.0897. The van der Waals surface area contributed by atoms with Crippen LogP contribution in [0.4, 0.5) is 23.4 Å². The van der Waals surface area contributed by atoms with Crippen LogP contribution in [0.25, 0.3) is 0 Å². The molecule has 2 saturated heterocycles. The van der Waals surface area contributed by atoms with E-state index in [9.17, 15) is 22.4 Å². The normalized spacial score (nSPS) is 23.6. The molecule has 0 aliphatic carbocycles. The highest BCUT2D eigenvalue weighted by Crippen LogP contribution is 2.44. The van der Waals surface area contributed by atoms with Crippen molar-refractivity contribution < 1.29 is 22.4 Å².